The van der Waals surface area contributed by atoms with Gasteiger partial charge in [-0.1, -0.05) is 40.5 Å². The number of benzene rings is 2. The number of hydrogen-bond donors (Lipinski definition) is 1. The Hall–Kier alpha value is -0.420. The summed E-state index contributed by atoms with van der Waals surface area (Å²) in [5, 5.41) is 4.15. The van der Waals surface area contributed by atoms with Crippen LogP contribution in [0.15, 0.2) is 45.3 Å². The van der Waals surface area contributed by atoms with Crippen LogP contribution in [0.4, 0.5) is 4.39 Å². The second-order valence-corrected chi connectivity index (χ2v) is 6.97. The van der Waals surface area contributed by atoms with E-state index in [0.717, 1.165) is 28.6 Å². The van der Waals surface area contributed by atoms with Crippen molar-refractivity contribution in [2.45, 2.75) is 19.4 Å². The van der Waals surface area contributed by atoms with E-state index in [1.54, 1.807) is 12.1 Å². The summed E-state index contributed by atoms with van der Waals surface area (Å²) in [7, 11) is 0. The molecule has 0 saturated carbocycles. The van der Waals surface area contributed by atoms with Gasteiger partial charge in [0.15, 0.2) is 0 Å². The van der Waals surface area contributed by atoms with E-state index in [2.05, 4.69) is 44.1 Å². The van der Waals surface area contributed by atoms with Crippen LogP contribution in [0.5, 0.6) is 0 Å². The summed E-state index contributed by atoms with van der Waals surface area (Å²) in [6.07, 6.45) is 1.01. The molecule has 0 aromatic heterocycles. The van der Waals surface area contributed by atoms with Crippen molar-refractivity contribution in [1.82, 2.24) is 5.32 Å². The van der Waals surface area contributed by atoms with E-state index in [4.69, 9.17) is 11.6 Å². The minimum Gasteiger partial charge on any atom is -0.306 e. The van der Waals surface area contributed by atoms with E-state index >= 15 is 0 Å². The molecule has 112 valence electrons. The third-order valence-electron chi connectivity index (χ3n) is 3.09. The molecule has 0 radical (unpaired) electrons. The zero-order valence-corrected chi connectivity index (χ0v) is 15.4. The van der Waals surface area contributed by atoms with Gasteiger partial charge in [0.05, 0.1) is 10.5 Å². The maximum absolute atomic E-state index is 13.4. The lowest BCUT2D eigenvalue weighted by atomic mass is 9.98. The molecule has 2 aromatic rings. The molecule has 2 aromatic carbocycles. The highest BCUT2D eigenvalue weighted by Gasteiger charge is 2.16. The fourth-order valence-corrected chi connectivity index (χ4v) is 3.43. The highest BCUT2D eigenvalue weighted by molar-refractivity contribution is 9.10. The molecular formula is C16H15Br2ClFN. The molecule has 0 fully saturated rings. The van der Waals surface area contributed by atoms with E-state index in [9.17, 15) is 4.39 Å². The van der Waals surface area contributed by atoms with Crippen LogP contribution in [0.1, 0.15) is 30.5 Å². The maximum Gasteiger partial charge on any atom is 0.137 e. The smallest absolute Gasteiger partial charge is 0.137 e. The first kappa shape index (κ1) is 16.9. The van der Waals surface area contributed by atoms with Crippen LogP contribution in [0.2, 0.25) is 5.02 Å². The summed E-state index contributed by atoms with van der Waals surface area (Å²) in [6.45, 7) is 2.97. The molecule has 2 rings (SSSR count). The van der Waals surface area contributed by atoms with Crippen molar-refractivity contribution in [3.8, 4) is 0 Å². The molecule has 0 heterocycles. The van der Waals surface area contributed by atoms with Crippen molar-refractivity contribution < 1.29 is 4.39 Å². The minimum atomic E-state index is -0.264. The van der Waals surface area contributed by atoms with Crippen LogP contribution < -0.4 is 5.32 Å². The van der Waals surface area contributed by atoms with Crippen LogP contribution >= 0.6 is 43.5 Å². The Morgan fingerprint density at radius 2 is 1.90 bits per heavy atom. The van der Waals surface area contributed by atoms with Gasteiger partial charge in [-0.2, -0.15) is 0 Å². The Morgan fingerprint density at radius 1 is 1.14 bits per heavy atom. The molecule has 1 nitrogen and oxygen atoms in total. The van der Waals surface area contributed by atoms with Crippen molar-refractivity contribution in [1.29, 1.82) is 0 Å². The van der Waals surface area contributed by atoms with E-state index < -0.39 is 0 Å². The summed E-state index contributed by atoms with van der Waals surface area (Å²) < 4.78 is 14.8. The first-order valence-corrected chi connectivity index (χ1v) is 8.62. The molecular weight excluding hydrogens is 420 g/mol. The zero-order valence-electron chi connectivity index (χ0n) is 11.5. The van der Waals surface area contributed by atoms with Crippen molar-refractivity contribution >= 4 is 43.5 Å². The summed E-state index contributed by atoms with van der Waals surface area (Å²) in [4.78, 5) is 0. The van der Waals surface area contributed by atoms with Gasteiger partial charge in [0.1, 0.15) is 5.82 Å². The second kappa shape index (κ2) is 7.73. The topological polar surface area (TPSA) is 12.0 Å². The Balaban J connectivity index is 2.43. The Bertz CT molecular complexity index is 613. The SMILES string of the molecule is CCCNC(c1cc(Cl)cc(Br)c1)c1ccc(F)c(Br)c1. The quantitative estimate of drug-likeness (QED) is 0.599. The normalized spacial score (nSPS) is 12.4. The predicted molar refractivity (Wildman–Crippen MR) is 93.4 cm³/mol. The summed E-state index contributed by atoms with van der Waals surface area (Å²) in [5.74, 6) is -0.264. The predicted octanol–water partition coefficient (Wildman–Crippen LogP) is 6.09. The van der Waals surface area contributed by atoms with Crippen molar-refractivity contribution in [3.05, 3.63) is 67.3 Å². The summed E-state index contributed by atoms with van der Waals surface area (Å²) in [6, 6.07) is 10.8. The average molecular weight is 436 g/mol. The van der Waals surface area contributed by atoms with Gasteiger partial charge in [0.25, 0.3) is 0 Å². The van der Waals surface area contributed by atoms with Gasteiger partial charge in [0, 0.05) is 9.50 Å². The third-order valence-corrected chi connectivity index (χ3v) is 4.38. The van der Waals surface area contributed by atoms with Crippen LogP contribution in [-0.2, 0) is 0 Å². The maximum atomic E-state index is 13.4. The molecule has 1 N–H and O–H groups in total. The minimum absolute atomic E-state index is 0.0307. The lowest BCUT2D eigenvalue weighted by Crippen LogP contribution is -2.23. The fraction of sp³-hybridized carbons (Fsp3) is 0.250. The van der Waals surface area contributed by atoms with Gasteiger partial charge in [-0.15, -0.1) is 0 Å². The van der Waals surface area contributed by atoms with Crippen LogP contribution in [-0.4, -0.2) is 6.54 Å². The van der Waals surface area contributed by atoms with Crippen molar-refractivity contribution in [3.63, 3.8) is 0 Å². The van der Waals surface area contributed by atoms with Gasteiger partial charge in [-0.3, -0.25) is 0 Å². The summed E-state index contributed by atoms with van der Waals surface area (Å²) in [5.41, 5.74) is 2.03. The van der Waals surface area contributed by atoms with Crippen LogP contribution in [0.25, 0.3) is 0 Å². The van der Waals surface area contributed by atoms with E-state index in [1.807, 2.05) is 18.2 Å². The molecule has 1 unspecified atom stereocenters. The highest BCUT2D eigenvalue weighted by Crippen LogP contribution is 2.30. The van der Waals surface area contributed by atoms with Gasteiger partial charge in [-0.05, 0) is 70.4 Å². The number of halogens is 4. The van der Waals surface area contributed by atoms with E-state index in [-0.39, 0.29) is 11.9 Å². The lowest BCUT2D eigenvalue weighted by Gasteiger charge is -2.20. The van der Waals surface area contributed by atoms with Crippen LogP contribution in [0, 0.1) is 5.82 Å². The standard InChI is InChI=1S/C16H15Br2ClFN/c1-2-5-21-16(10-3-4-15(20)14(18)8-10)11-6-12(17)9-13(19)7-11/h3-4,6-9,16,21H,2,5H2,1H3. The first-order valence-electron chi connectivity index (χ1n) is 6.65. The number of hydrogen-bond acceptors (Lipinski definition) is 1. The highest BCUT2D eigenvalue weighted by atomic mass is 79.9. The van der Waals surface area contributed by atoms with Gasteiger partial charge in [-0.25, -0.2) is 4.39 Å². The molecule has 1 atom stereocenters. The molecule has 0 aliphatic carbocycles. The monoisotopic (exact) mass is 433 g/mol. The molecule has 0 saturated heterocycles. The Labute approximate surface area is 146 Å². The first-order chi connectivity index (χ1) is 10.0. The third kappa shape index (κ3) is 4.52. The Kier molecular flexibility index (Phi) is 6.23. The van der Waals surface area contributed by atoms with Gasteiger partial charge in [0.2, 0.25) is 0 Å². The average Bonchev–Trinajstić information content (AvgIpc) is 2.42. The summed E-state index contributed by atoms with van der Waals surface area (Å²) >= 11 is 12.9. The zero-order chi connectivity index (χ0) is 15.4. The van der Waals surface area contributed by atoms with Crippen LogP contribution in [0.3, 0.4) is 0 Å². The molecule has 0 aliphatic heterocycles. The second-order valence-electron chi connectivity index (χ2n) is 4.76. The molecule has 0 aliphatic rings. The van der Waals surface area contributed by atoms with Crippen molar-refractivity contribution in [2.24, 2.45) is 0 Å². The van der Waals surface area contributed by atoms with Gasteiger partial charge < -0.3 is 5.32 Å². The Morgan fingerprint density at radius 3 is 2.52 bits per heavy atom. The van der Waals surface area contributed by atoms with E-state index in [1.165, 1.54) is 6.07 Å². The van der Waals surface area contributed by atoms with E-state index in [0.29, 0.717) is 9.50 Å². The number of nitrogens with one attached hydrogen (secondary N) is 1. The fourth-order valence-electron chi connectivity index (χ4n) is 2.15. The van der Waals surface area contributed by atoms with Gasteiger partial charge >= 0.3 is 0 Å². The molecule has 21 heavy (non-hydrogen) atoms. The lowest BCUT2D eigenvalue weighted by molar-refractivity contribution is 0.591. The molecule has 0 spiro atoms. The molecule has 0 amide bonds. The largest absolute Gasteiger partial charge is 0.306 e. The molecule has 0 bridgehead atoms. The number of rotatable bonds is 5. The molecule has 5 heteroatoms. The van der Waals surface area contributed by atoms with Crippen molar-refractivity contribution in [2.75, 3.05) is 6.54 Å².